The summed E-state index contributed by atoms with van der Waals surface area (Å²) >= 11 is 1.36. The molecule has 0 bridgehead atoms. The summed E-state index contributed by atoms with van der Waals surface area (Å²) in [5.41, 5.74) is 1.85. The van der Waals surface area contributed by atoms with Gasteiger partial charge in [-0.3, -0.25) is 9.36 Å². The van der Waals surface area contributed by atoms with Gasteiger partial charge in [0.05, 0.1) is 16.3 Å². The molecule has 2 aromatic carbocycles. The zero-order valence-electron chi connectivity index (χ0n) is 13.2. The fourth-order valence-corrected chi connectivity index (χ4v) is 3.67. The summed E-state index contributed by atoms with van der Waals surface area (Å²) in [7, 11) is 1.76. The molecule has 4 aromatic rings. The minimum atomic E-state index is -0.311. The quantitative estimate of drug-likeness (QED) is 0.537. The van der Waals surface area contributed by atoms with Gasteiger partial charge in [-0.1, -0.05) is 48.2 Å². The van der Waals surface area contributed by atoms with E-state index >= 15 is 0 Å². The molecule has 0 saturated carbocycles. The molecule has 4 rings (SSSR count). The first-order valence-electron chi connectivity index (χ1n) is 7.58. The highest BCUT2D eigenvalue weighted by atomic mass is 32.2. The van der Waals surface area contributed by atoms with E-state index in [0.717, 1.165) is 21.8 Å². The van der Waals surface area contributed by atoms with Gasteiger partial charge in [-0.2, -0.15) is 0 Å². The Morgan fingerprint density at radius 3 is 2.17 bits per heavy atom. The van der Waals surface area contributed by atoms with Crippen molar-refractivity contribution in [1.82, 2.24) is 24.8 Å². The van der Waals surface area contributed by atoms with Crippen molar-refractivity contribution in [2.75, 3.05) is 0 Å². The Morgan fingerprint density at radius 1 is 1.04 bits per heavy atom. The molecule has 0 fully saturated rings. The Hall–Kier alpha value is -2.67. The van der Waals surface area contributed by atoms with E-state index in [1.807, 2.05) is 55.5 Å². The number of benzene rings is 2. The van der Waals surface area contributed by atoms with Crippen molar-refractivity contribution < 1.29 is 4.79 Å². The van der Waals surface area contributed by atoms with E-state index in [9.17, 15) is 4.79 Å². The fourth-order valence-electron chi connectivity index (χ4n) is 2.87. The smallest absolute Gasteiger partial charge is 0.244 e. The van der Waals surface area contributed by atoms with Crippen molar-refractivity contribution in [3.8, 4) is 0 Å². The lowest BCUT2D eigenvalue weighted by molar-refractivity contribution is 0.0925. The third kappa shape index (κ3) is 2.28. The molecule has 0 aliphatic heterocycles. The van der Waals surface area contributed by atoms with Gasteiger partial charge in [-0.25, -0.2) is 4.68 Å². The van der Waals surface area contributed by atoms with Crippen LogP contribution < -0.4 is 0 Å². The largest absolute Gasteiger partial charge is 0.279 e. The molecule has 0 radical (unpaired) electrons. The molecule has 0 aliphatic carbocycles. The molecule has 0 unspecified atom stereocenters. The van der Waals surface area contributed by atoms with Crippen molar-refractivity contribution in [2.45, 2.75) is 17.3 Å². The molecule has 0 amide bonds. The van der Waals surface area contributed by atoms with E-state index in [4.69, 9.17) is 0 Å². The number of aromatic nitrogens is 5. The fraction of sp³-hybridized carbons (Fsp3) is 0.176. The molecule has 24 heavy (non-hydrogen) atoms. The van der Waals surface area contributed by atoms with Crippen LogP contribution in [0.15, 0.2) is 53.7 Å². The molecule has 2 heterocycles. The third-order valence-electron chi connectivity index (χ3n) is 4.01. The van der Waals surface area contributed by atoms with Crippen LogP contribution in [0.2, 0.25) is 0 Å². The summed E-state index contributed by atoms with van der Waals surface area (Å²) in [5.74, 6) is 0.0143. The van der Waals surface area contributed by atoms with Crippen LogP contribution in [0.1, 0.15) is 11.7 Å². The molecule has 0 aliphatic rings. The summed E-state index contributed by atoms with van der Waals surface area (Å²) < 4.78 is 3.37. The second kappa shape index (κ2) is 5.76. The van der Waals surface area contributed by atoms with Crippen molar-refractivity contribution >= 4 is 39.5 Å². The van der Waals surface area contributed by atoms with Crippen LogP contribution in [0.3, 0.4) is 0 Å². The number of tetrazole rings is 1. The molecule has 0 saturated heterocycles. The third-order valence-corrected chi connectivity index (χ3v) is 5.12. The van der Waals surface area contributed by atoms with Crippen molar-refractivity contribution in [1.29, 1.82) is 0 Å². The number of hydrogen-bond donors (Lipinski definition) is 0. The summed E-state index contributed by atoms with van der Waals surface area (Å²) in [6, 6.07) is 15.9. The van der Waals surface area contributed by atoms with E-state index < -0.39 is 0 Å². The van der Waals surface area contributed by atoms with Gasteiger partial charge in [0.1, 0.15) is 0 Å². The van der Waals surface area contributed by atoms with Crippen LogP contribution in [-0.4, -0.2) is 35.9 Å². The van der Waals surface area contributed by atoms with Crippen LogP contribution in [0.4, 0.5) is 0 Å². The normalized spacial score (nSPS) is 12.8. The summed E-state index contributed by atoms with van der Waals surface area (Å²) in [6.45, 7) is 1.88. The number of aryl methyl sites for hydroxylation is 1. The highest BCUT2D eigenvalue weighted by Crippen LogP contribution is 2.31. The molecule has 1 atom stereocenters. The second-order valence-electron chi connectivity index (χ2n) is 5.55. The first kappa shape index (κ1) is 14.9. The summed E-state index contributed by atoms with van der Waals surface area (Å²) in [4.78, 5) is 13.1. The lowest BCUT2D eigenvalue weighted by Gasteiger charge is -2.12. The lowest BCUT2D eigenvalue weighted by atomic mass is 10.2. The first-order chi connectivity index (χ1) is 11.7. The van der Waals surface area contributed by atoms with Crippen molar-refractivity contribution in [3.63, 3.8) is 0 Å². The Labute approximate surface area is 142 Å². The van der Waals surface area contributed by atoms with E-state index in [1.54, 1.807) is 16.3 Å². The van der Waals surface area contributed by atoms with Gasteiger partial charge in [0.15, 0.2) is 0 Å². The molecule has 7 heteroatoms. The van der Waals surface area contributed by atoms with Gasteiger partial charge in [-0.15, -0.1) is 5.10 Å². The summed E-state index contributed by atoms with van der Waals surface area (Å²) in [5, 5.41) is 13.9. The number of rotatable bonds is 3. The van der Waals surface area contributed by atoms with Crippen LogP contribution >= 0.6 is 11.8 Å². The van der Waals surface area contributed by atoms with Crippen LogP contribution in [0.25, 0.3) is 21.8 Å². The van der Waals surface area contributed by atoms with Crippen molar-refractivity contribution in [3.05, 3.63) is 48.5 Å². The second-order valence-corrected chi connectivity index (χ2v) is 6.86. The number of nitrogens with zero attached hydrogens (tertiary/aromatic N) is 5. The topological polar surface area (TPSA) is 65.6 Å². The number of thioether (sulfide) groups is 1. The zero-order valence-corrected chi connectivity index (χ0v) is 14.1. The van der Waals surface area contributed by atoms with E-state index in [2.05, 4.69) is 15.5 Å². The van der Waals surface area contributed by atoms with E-state index in [0.29, 0.717) is 5.16 Å². The lowest BCUT2D eigenvalue weighted by Crippen LogP contribution is -2.21. The van der Waals surface area contributed by atoms with Gasteiger partial charge in [0.2, 0.25) is 11.1 Å². The maximum absolute atomic E-state index is 13.1. The molecule has 0 N–H and O–H groups in total. The average Bonchev–Trinajstić information content (AvgIpc) is 3.15. The Morgan fingerprint density at radius 2 is 1.62 bits per heavy atom. The zero-order chi connectivity index (χ0) is 16.7. The number of carbonyl (C=O) groups is 1. The van der Waals surface area contributed by atoms with Gasteiger partial charge < -0.3 is 0 Å². The molecule has 2 aromatic heterocycles. The minimum Gasteiger partial charge on any atom is -0.279 e. The van der Waals surface area contributed by atoms with Gasteiger partial charge in [-0.05, 0) is 29.5 Å². The summed E-state index contributed by atoms with van der Waals surface area (Å²) in [6.07, 6.45) is 0. The molecule has 120 valence electrons. The number of fused-ring (bicyclic) bond motifs is 3. The van der Waals surface area contributed by atoms with Gasteiger partial charge >= 0.3 is 0 Å². The van der Waals surface area contributed by atoms with Crippen LogP contribution in [0.5, 0.6) is 0 Å². The van der Waals surface area contributed by atoms with Gasteiger partial charge in [0.25, 0.3) is 0 Å². The molecule has 0 spiro atoms. The Balaban J connectivity index is 1.82. The highest BCUT2D eigenvalue weighted by Gasteiger charge is 2.23. The van der Waals surface area contributed by atoms with E-state index in [1.165, 1.54) is 11.8 Å². The standard InChI is InChI=1S/C17H15N5OS/c1-11(24-17-18-19-20-21(17)2)16(23)22-14-9-5-3-7-12(14)13-8-4-6-10-15(13)22/h3-11H,1-2H3/t11-/m1/s1. The molecular formula is C17H15N5OS. The number of carbonyl (C=O) groups excluding carboxylic acids is 1. The maximum atomic E-state index is 13.1. The van der Waals surface area contributed by atoms with E-state index in [-0.39, 0.29) is 11.2 Å². The Bertz CT molecular complexity index is 998. The van der Waals surface area contributed by atoms with Crippen molar-refractivity contribution in [2.24, 2.45) is 7.05 Å². The minimum absolute atomic E-state index is 0.0143. The molecule has 6 nitrogen and oxygen atoms in total. The molecular weight excluding hydrogens is 322 g/mol. The number of para-hydroxylation sites is 2. The highest BCUT2D eigenvalue weighted by molar-refractivity contribution is 8.00. The predicted molar refractivity (Wildman–Crippen MR) is 94.2 cm³/mol. The average molecular weight is 337 g/mol. The number of hydrogen-bond acceptors (Lipinski definition) is 5. The van der Waals surface area contributed by atoms with Crippen LogP contribution in [-0.2, 0) is 7.05 Å². The van der Waals surface area contributed by atoms with Crippen LogP contribution in [0, 0.1) is 0 Å². The first-order valence-corrected chi connectivity index (χ1v) is 8.46. The SMILES string of the molecule is C[C@@H](Sc1nnnn1C)C(=O)n1c2ccccc2c2ccccc21. The maximum Gasteiger partial charge on any atom is 0.244 e. The van der Waals surface area contributed by atoms with Gasteiger partial charge in [0, 0.05) is 17.8 Å². The Kier molecular flexibility index (Phi) is 3.57. The predicted octanol–water partition coefficient (Wildman–Crippen LogP) is 3.14. The monoisotopic (exact) mass is 337 g/mol.